The third kappa shape index (κ3) is 1.53. The van der Waals surface area contributed by atoms with Crippen LogP contribution in [0.5, 0.6) is 0 Å². The molecule has 0 saturated carbocycles. The third-order valence-corrected chi connectivity index (χ3v) is 4.45. The highest BCUT2D eigenvalue weighted by atomic mass is 32.2. The smallest absolute Gasteiger partial charge is 0.338 e. The van der Waals surface area contributed by atoms with Crippen LogP contribution in [-0.4, -0.2) is 54.7 Å². The van der Waals surface area contributed by atoms with Gasteiger partial charge in [0.2, 0.25) is 0 Å². The van der Waals surface area contributed by atoms with Crippen molar-refractivity contribution >= 4 is 11.8 Å². The van der Waals surface area contributed by atoms with Crippen LogP contribution in [0.1, 0.15) is 13.8 Å². The van der Waals surface area contributed by atoms with Gasteiger partial charge in [0.25, 0.3) is 0 Å². The molecule has 0 aromatic rings. The first-order valence-corrected chi connectivity index (χ1v) is 7.30. The van der Waals surface area contributed by atoms with E-state index >= 15 is 0 Å². The average molecular weight is 276 g/mol. The Hall–Kier alpha value is 0.110. The molecule has 4 aliphatic rings. The molecule has 0 unspecified atom stereocenters. The van der Waals surface area contributed by atoms with Gasteiger partial charge in [0.15, 0.2) is 12.1 Å². The van der Waals surface area contributed by atoms with Gasteiger partial charge in [-0.25, -0.2) is 0 Å². The Bertz CT molecular complexity index is 377. The lowest BCUT2D eigenvalue weighted by Crippen LogP contribution is -2.52. The zero-order chi connectivity index (χ0) is 12.5. The van der Waals surface area contributed by atoms with Crippen molar-refractivity contribution in [3.8, 4) is 0 Å². The van der Waals surface area contributed by atoms with Crippen LogP contribution in [0.25, 0.3) is 0 Å². The molecule has 4 aliphatic heterocycles. The quantitative estimate of drug-likeness (QED) is 0.697. The highest BCUT2D eigenvalue weighted by Crippen LogP contribution is 2.49. The molecule has 0 N–H and O–H groups in total. The summed E-state index contributed by atoms with van der Waals surface area (Å²) in [5.74, 6) is -0.631. The highest BCUT2D eigenvalue weighted by molar-refractivity contribution is 7.99. The molecule has 0 amide bonds. The van der Waals surface area contributed by atoms with Crippen LogP contribution in [-0.2, 0) is 28.4 Å². The Morgan fingerprint density at radius 2 is 1.83 bits per heavy atom. The summed E-state index contributed by atoms with van der Waals surface area (Å²) in [5.41, 5.74) is 0. The van der Waals surface area contributed by atoms with E-state index in [2.05, 4.69) is 0 Å². The molecule has 0 aromatic heterocycles. The lowest BCUT2D eigenvalue weighted by atomic mass is 10.1. The Morgan fingerprint density at radius 1 is 1.00 bits per heavy atom. The minimum absolute atomic E-state index is 0.114. The molecule has 18 heavy (non-hydrogen) atoms. The fourth-order valence-corrected chi connectivity index (χ4v) is 3.53. The summed E-state index contributed by atoms with van der Waals surface area (Å²) >= 11 is 1.40. The SMILES string of the molecule is CS[C@]12OC[C@H](O1)[C@H]1O[C@@H]3OC(C)(C)O[C@@H]3[C@@H]1O2. The van der Waals surface area contributed by atoms with Gasteiger partial charge in [0, 0.05) is 0 Å². The van der Waals surface area contributed by atoms with Crippen molar-refractivity contribution in [3.63, 3.8) is 0 Å². The summed E-state index contributed by atoms with van der Waals surface area (Å²) in [6, 6.07) is 0. The van der Waals surface area contributed by atoms with Gasteiger partial charge in [-0.05, 0) is 20.1 Å². The summed E-state index contributed by atoms with van der Waals surface area (Å²) in [6.07, 6.45) is 0.800. The van der Waals surface area contributed by atoms with Gasteiger partial charge in [-0.3, -0.25) is 0 Å². The molecular formula is C11H16O6S. The predicted molar refractivity (Wildman–Crippen MR) is 60.6 cm³/mol. The van der Waals surface area contributed by atoms with E-state index in [-0.39, 0.29) is 30.7 Å². The van der Waals surface area contributed by atoms with E-state index in [1.807, 2.05) is 20.1 Å². The Labute approximate surface area is 109 Å². The van der Waals surface area contributed by atoms with Crippen molar-refractivity contribution in [2.24, 2.45) is 0 Å². The first-order chi connectivity index (χ1) is 8.52. The van der Waals surface area contributed by atoms with Crippen LogP contribution in [0.2, 0.25) is 0 Å². The number of rotatable bonds is 1. The van der Waals surface area contributed by atoms with E-state index < -0.39 is 11.1 Å². The average Bonchev–Trinajstić information content (AvgIpc) is 2.91. The van der Waals surface area contributed by atoms with Crippen molar-refractivity contribution in [1.29, 1.82) is 0 Å². The summed E-state index contributed by atoms with van der Waals surface area (Å²) in [6.45, 7) is 4.22. The number of ether oxygens (including phenoxy) is 6. The molecule has 7 heteroatoms. The monoisotopic (exact) mass is 276 g/mol. The first-order valence-electron chi connectivity index (χ1n) is 6.08. The van der Waals surface area contributed by atoms with Crippen molar-refractivity contribution in [3.05, 3.63) is 0 Å². The van der Waals surface area contributed by atoms with Crippen molar-refractivity contribution in [2.45, 2.75) is 55.6 Å². The summed E-state index contributed by atoms with van der Waals surface area (Å²) in [4.78, 5) is 0. The molecule has 4 rings (SSSR count). The van der Waals surface area contributed by atoms with Crippen LogP contribution < -0.4 is 0 Å². The fourth-order valence-electron chi connectivity index (χ4n) is 2.92. The normalized spacial score (nSPS) is 56.5. The molecule has 4 heterocycles. The van der Waals surface area contributed by atoms with Gasteiger partial charge in [0.05, 0.1) is 6.61 Å². The largest absolute Gasteiger partial charge is 0.341 e. The first kappa shape index (κ1) is 11.9. The van der Waals surface area contributed by atoms with Crippen LogP contribution >= 0.6 is 11.8 Å². The second-order valence-corrected chi connectivity index (χ2v) is 6.23. The topological polar surface area (TPSA) is 55.4 Å². The minimum Gasteiger partial charge on any atom is -0.341 e. The van der Waals surface area contributed by atoms with Crippen LogP contribution in [0, 0.1) is 0 Å². The predicted octanol–water partition coefficient (Wildman–Crippen LogP) is 0.651. The van der Waals surface area contributed by atoms with Gasteiger partial charge in [0.1, 0.15) is 24.4 Å². The van der Waals surface area contributed by atoms with Crippen LogP contribution in [0.15, 0.2) is 0 Å². The van der Waals surface area contributed by atoms with E-state index in [0.29, 0.717) is 6.61 Å². The van der Waals surface area contributed by atoms with Crippen LogP contribution in [0.4, 0.5) is 0 Å². The Kier molecular flexibility index (Phi) is 2.38. The molecular weight excluding hydrogens is 260 g/mol. The van der Waals surface area contributed by atoms with E-state index in [1.54, 1.807) is 0 Å². The van der Waals surface area contributed by atoms with Gasteiger partial charge in [-0.1, -0.05) is 11.8 Å². The van der Waals surface area contributed by atoms with Crippen LogP contribution in [0.3, 0.4) is 0 Å². The number of fused-ring (bicyclic) bond motifs is 6. The molecule has 6 nitrogen and oxygen atoms in total. The molecule has 0 spiro atoms. The second kappa shape index (κ2) is 3.60. The summed E-state index contributed by atoms with van der Waals surface area (Å²) in [5, 5.41) is -1.000. The molecule has 0 radical (unpaired) electrons. The minimum atomic E-state index is -1.000. The Balaban J connectivity index is 1.61. The second-order valence-electron chi connectivity index (χ2n) is 5.32. The maximum absolute atomic E-state index is 5.93. The third-order valence-electron chi connectivity index (χ3n) is 3.64. The number of thioether (sulfide) groups is 1. The lowest BCUT2D eigenvalue weighted by molar-refractivity contribution is -0.343. The molecule has 4 fully saturated rings. The van der Waals surface area contributed by atoms with Gasteiger partial charge in [-0.2, -0.15) is 0 Å². The number of hydrogen-bond donors (Lipinski definition) is 0. The standard InChI is InChI=1S/C11H16O6S/c1-10(2)15-8-7-6(13-9(8)17-10)5-4-12-11(14-5,16-7)18-3/h5-9H,4H2,1-3H3/t5-,6+,7+,8+,9+,11+/m0/s1. The zero-order valence-electron chi connectivity index (χ0n) is 10.5. The van der Waals surface area contributed by atoms with Gasteiger partial charge < -0.3 is 28.4 Å². The van der Waals surface area contributed by atoms with E-state index in [1.165, 1.54) is 11.8 Å². The summed E-state index contributed by atoms with van der Waals surface area (Å²) < 4.78 is 34.7. The van der Waals surface area contributed by atoms with Gasteiger partial charge in [-0.15, -0.1) is 0 Å². The van der Waals surface area contributed by atoms with Gasteiger partial charge >= 0.3 is 5.31 Å². The lowest BCUT2D eigenvalue weighted by Gasteiger charge is -2.37. The molecule has 2 bridgehead atoms. The van der Waals surface area contributed by atoms with Crippen molar-refractivity contribution in [2.75, 3.05) is 12.9 Å². The fraction of sp³-hybridized carbons (Fsp3) is 1.00. The zero-order valence-corrected chi connectivity index (χ0v) is 11.3. The number of hydrogen-bond acceptors (Lipinski definition) is 7. The Morgan fingerprint density at radius 3 is 2.61 bits per heavy atom. The van der Waals surface area contributed by atoms with Crippen molar-refractivity contribution < 1.29 is 28.4 Å². The van der Waals surface area contributed by atoms with E-state index in [0.717, 1.165) is 0 Å². The summed E-state index contributed by atoms with van der Waals surface area (Å²) in [7, 11) is 0. The van der Waals surface area contributed by atoms with E-state index in [4.69, 9.17) is 28.4 Å². The van der Waals surface area contributed by atoms with E-state index in [9.17, 15) is 0 Å². The van der Waals surface area contributed by atoms with Crippen molar-refractivity contribution in [1.82, 2.24) is 0 Å². The molecule has 4 saturated heterocycles. The molecule has 0 aliphatic carbocycles. The maximum atomic E-state index is 5.93. The maximum Gasteiger partial charge on any atom is 0.338 e. The highest BCUT2D eigenvalue weighted by Gasteiger charge is 2.65. The molecule has 0 aromatic carbocycles. The molecule has 6 atom stereocenters. The molecule has 102 valence electrons.